The molecule has 1 aromatic heterocycles. The van der Waals surface area contributed by atoms with Crippen molar-refractivity contribution in [1.29, 1.82) is 0 Å². The number of hydrogen-bond donors (Lipinski definition) is 0. The molecule has 2 nitrogen and oxygen atoms in total. The molecule has 0 aliphatic heterocycles. The van der Waals surface area contributed by atoms with Gasteiger partial charge in [0.1, 0.15) is 6.67 Å². The molecule has 0 radical (unpaired) electrons. The molecule has 1 heterocycles. The minimum atomic E-state index is -0.372. The van der Waals surface area contributed by atoms with Crippen LogP contribution in [0.4, 0.5) is 4.39 Å². The van der Waals surface area contributed by atoms with Crippen molar-refractivity contribution < 1.29 is 4.39 Å². The smallest absolute Gasteiger partial charge is 0.109 e. The van der Waals surface area contributed by atoms with Crippen molar-refractivity contribution in [3.8, 4) is 11.1 Å². The van der Waals surface area contributed by atoms with Gasteiger partial charge in [-0.05, 0) is 29.9 Å². The number of aromatic nitrogens is 2. The lowest BCUT2D eigenvalue weighted by molar-refractivity contribution is 0.427. The SMILES string of the molecule is FCCn1cc(-c2cccc(CCC3CC3)c2)cn1. The first-order valence-electron chi connectivity index (χ1n) is 7.03. The van der Waals surface area contributed by atoms with Crippen LogP contribution in [0, 0.1) is 5.92 Å². The number of nitrogens with zero attached hydrogens (tertiary/aromatic N) is 2. The highest BCUT2D eigenvalue weighted by atomic mass is 19.1. The molecule has 1 aromatic carbocycles. The van der Waals surface area contributed by atoms with Gasteiger partial charge in [0.15, 0.2) is 0 Å². The molecule has 0 atom stereocenters. The van der Waals surface area contributed by atoms with Crippen LogP contribution in [0.1, 0.15) is 24.8 Å². The second kappa shape index (κ2) is 5.55. The molecule has 2 aromatic rings. The van der Waals surface area contributed by atoms with Crippen LogP contribution in [0.2, 0.25) is 0 Å². The maximum atomic E-state index is 12.3. The summed E-state index contributed by atoms with van der Waals surface area (Å²) in [7, 11) is 0. The maximum Gasteiger partial charge on any atom is 0.109 e. The molecule has 0 saturated heterocycles. The van der Waals surface area contributed by atoms with E-state index in [-0.39, 0.29) is 6.67 Å². The van der Waals surface area contributed by atoms with Gasteiger partial charge in [0.2, 0.25) is 0 Å². The normalized spacial score (nSPS) is 14.8. The highest BCUT2D eigenvalue weighted by Gasteiger charge is 2.20. The van der Waals surface area contributed by atoms with E-state index >= 15 is 0 Å². The van der Waals surface area contributed by atoms with Gasteiger partial charge in [-0.3, -0.25) is 4.68 Å². The second-order valence-electron chi connectivity index (χ2n) is 5.36. The molecule has 100 valence electrons. The third kappa shape index (κ3) is 3.22. The van der Waals surface area contributed by atoms with Crippen LogP contribution in [0.15, 0.2) is 36.7 Å². The third-order valence-electron chi connectivity index (χ3n) is 3.75. The van der Waals surface area contributed by atoms with E-state index < -0.39 is 0 Å². The fourth-order valence-electron chi connectivity index (χ4n) is 2.41. The molecule has 1 saturated carbocycles. The summed E-state index contributed by atoms with van der Waals surface area (Å²) in [5, 5.41) is 4.17. The van der Waals surface area contributed by atoms with Crippen LogP contribution >= 0.6 is 0 Å². The zero-order valence-electron chi connectivity index (χ0n) is 11.1. The monoisotopic (exact) mass is 258 g/mol. The molecule has 0 amide bonds. The number of rotatable bonds is 6. The highest BCUT2D eigenvalue weighted by molar-refractivity contribution is 5.62. The van der Waals surface area contributed by atoms with Crippen LogP contribution in [0.5, 0.6) is 0 Å². The van der Waals surface area contributed by atoms with Crippen molar-refractivity contribution in [3.63, 3.8) is 0 Å². The average molecular weight is 258 g/mol. The Morgan fingerprint density at radius 3 is 2.95 bits per heavy atom. The summed E-state index contributed by atoms with van der Waals surface area (Å²) >= 11 is 0. The van der Waals surface area contributed by atoms with E-state index in [4.69, 9.17) is 0 Å². The van der Waals surface area contributed by atoms with E-state index in [9.17, 15) is 4.39 Å². The lowest BCUT2D eigenvalue weighted by Crippen LogP contribution is -1.98. The summed E-state index contributed by atoms with van der Waals surface area (Å²) in [5.41, 5.74) is 3.64. The minimum Gasteiger partial charge on any atom is -0.269 e. The lowest BCUT2D eigenvalue weighted by atomic mass is 10.0. The zero-order valence-corrected chi connectivity index (χ0v) is 11.1. The van der Waals surface area contributed by atoms with Gasteiger partial charge in [-0.2, -0.15) is 5.10 Å². The number of aryl methyl sites for hydroxylation is 2. The first kappa shape index (κ1) is 12.4. The summed E-state index contributed by atoms with van der Waals surface area (Å²) in [6, 6.07) is 8.62. The van der Waals surface area contributed by atoms with Crippen molar-refractivity contribution in [3.05, 3.63) is 42.2 Å². The van der Waals surface area contributed by atoms with Crippen LogP contribution < -0.4 is 0 Å². The fourth-order valence-corrected chi connectivity index (χ4v) is 2.41. The van der Waals surface area contributed by atoms with Gasteiger partial charge >= 0.3 is 0 Å². The minimum absolute atomic E-state index is 0.335. The predicted molar refractivity (Wildman–Crippen MR) is 74.7 cm³/mol. The van der Waals surface area contributed by atoms with Gasteiger partial charge in [0.25, 0.3) is 0 Å². The standard InChI is InChI=1S/C16H19FN2/c17-8-9-19-12-16(11-18-19)15-3-1-2-14(10-15)7-6-13-4-5-13/h1-3,10-13H,4-9H2. The number of alkyl halides is 1. The van der Waals surface area contributed by atoms with Crippen LogP contribution in [-0.4, -0.2) is 16.5 Å². The Bertz CT molecular complexity index is 543. The van der Waals surface area contributed by atoms with Gasteiger partial charge in [-0.15, -0.1) is 0 Å². The summed E-state index contributed by atoms with van der Waals surface area (Å²) in [6.45, 7) is -0.0378. The molecule has 0 bridgehead atoms. The summed E-state index contributed by atoms with van der Waals surface area (Å²) in [5.74, 6) is 0.968. The molecule has 3 rings (SSSR count). The van der Waals surface area contributed by atoms with Gasteiger partial charge in [-0.1, -0.05) is 37.1 Å². The first-order chi connectivity index (χ1) is 9.35. The summed E-state index contributed by atoms with van der Waals surface area (Å²) in [6.07, 6.45) is 9.03. The second-order valence-corrected chi connectivity index (χ2v) is 5.36. The molecular weight excluding hydrogens is 239 g/mol. The van der Waals surface area contributed by atoms with Crippen LogP contribution in [-0.2, 0) is 13.0 Å². The van der Waals surface area contributed by atoms with Gasteiger partial charge in [0, 0.05) is 11.8 Å². The molecular formula is C16H19FN2. The quantitative estimate of drug-likeness (QED) is 0.769. The van der Waals surface area contributed by atoms with Crippen molar-refractivity contribution >= 4 is 0 Å². The molecule has 1 fully saturated rings. The Balaban J connectivity index is 1.72. The number of halogens is 1. The van der Waals surface area contributed by atoms with Crippen molar-refractivity contribution in [2.45, 2.75) is 32.2 Å². The zero-order chi connectivity index (χ0) is 13.1. The van der Waals surface area contributed by atoms with E-state index in [1.165, 1.54) is 30.4 Å². The molecule has 19 heavy (non-hydrogen) atoms. The third-order valence-corrected chi connectivity index (χ3v) is 3.75. The number of hydrogen-bond acceptors (Lipinski definition) is 1. The molecule has 0 unspecified atom stereocenters. The van der Waals surface area contributed by atoms with Crippen LogP contribution in [0.25, 0.3) is 11.1 Å². The number of benzene rings is 1. The molecule has 1 aliphatic carbocycles. The summed E-state index contributed by atoms with van der Waals surface area (Å²) in [4.78, 5) is 0. The Labute approximate surface area is 113 Å². The molecule has 0 spiro atoms. The lowest BCUT2D eigenvalue weighted by Gasteiger charge is -2.03. The summed E-state index contributed by atoms with van der Waals surface area (Å²) < 4.78 is 13.9. The first-order valence-corrected chi connectivity index (χ1v) is 7.03. The molecule has 0 N–H and O–H groups in total. The Hall–Kier alpha value is -1.64. The van der Waals surface area contributed by atoms with Gasteiger partial charge < -0.3 is 0 Å². The highest BCUT2D eigenvalue weighted by Crippen LogP contribution is 2.33. The van der Waals surface area contributed by atoms with Crippen LogP contribution in [0.3, 0.4) is 0 Å². The van der Waals surface area contributed by atoms with Crippen molar-refractivity contribution in [2.75, 3.05) is 6.67 Å². The maximum absolute atomic E-state index is 12.3. The Kier molecular flexibility index (Phi) is 3.62. The predicted octanol–water partition coefficient (Wildman–Crippen LogP) is 3.86. The van der Waals surface area contributed by atoms with E-state index in [0.29, 0.717) is 6.54 Å². The van der Waals surface area contributed by atoms with Gasteiger partial charge in [-0.25, -0.2) is 4.39 Å². The van der Waals surface area contributed by atoms with Crippen molar-refractivity contribution in [1.82, 2.24) is 9.78 Å². The van der Waals surface area contributed by atoms with Gasteiger partial charge in [0.05, 0.1) is 12.7 Å². The van der Waals surface area contributed by atoms with Crippen molar-refractivity contribution in [2.24, 2.45) is 5.92 Å². The van der Waals surface area contributed by atoms with E-state index in [1.54, 1.807) is 4.68 Å². The molecule has 3 heteroatoms. The average Bonchev–Trinajstić information content (AvgIpc) is 3.15. The topological polar surface area (TPSA) is 17.8 Å². The van der Waals surface area contributed by atoms with E-state index in [0.717, 1.165) is 17.9 Å². The Morgan fingerprint density at radius 1 is 1.26 bits per heavy atom. The van der Waals surface area contributed by atoms with E-state index in [1.807, 2.05) is 12.4 Å². The largest absolute Gasteiger partial charge is 0.269 e. The Morgan fingerprint density at radius 2 is 2.16 bits per heavy atom. The fraction of sp³-hybridized carbons (Fsp3) is 0.438. The van der Waals surface area contributed by atoms with E-state index in [2.05, 4.69) is 29.4 Å². The molecule has 1 aliphatic rings.